The highest BCUT2D eigenvalue weighted by Gasteiger charge is 2.24. The van der Waals surface area contributed by atoms with E-state index in [4.69, 9.17) is 32.1 Å². The number of nitrogens with two attached hydrogens (primary N) is 3. The van der Waals surface area contributed by atoms with Crippen LogP contribution in [0, 0.1) is 13.8 Å². The van der Waals surface area contributed by atoms with Crippen molar-refractivity contribution in [1.82, 2.24) is 58.4 Å². The SMILES string of the molecule is CCn1nc(C)cc1C(=O)Nc1nc2cc(C(N)=O)cnc2n1CC=CCn1c2nc(-c3cc(C)nn3CC)ncc2c2cc(C(N)=O)cc(OCCCN3CCN(C(=O)CON)CC3)c21. The number of hydrogen-bond acceptors (Lipinski definition) is 14. The van der Waals surface area contributed by atoms with E-state index in [0.29, 0.717) is 108 Å². The first-order chi connectivity index (χ1) is 31.9. The molecule has 0 aliphatic carbocycles. The number of ether oxygens (including phenoxy) is 1. The molecule has 4 amide bonds. The molecule has 1 aliphatic heterocycles. The molecule has 0 atom stereocenters. The van der Waals surface area contributed by atoms with E-state index in [0.717, 1.165) is 17.9 Å². The zero-order valence-electron chi connectivity index (χ0n) is 37.2. The van der Waals surface area contributed by atoms with E-state index in [9.17, 15) is 19.2 Å². The van der Waals surface area contributed by atoms with Gasteiger partial charge in [-0.3, -0.25) is 48.2 Å². The summed E-state index contributed by atoms with van der Waals surface area (Å²) in [5.74, 6) is 4.40. The maximum atomic E-state index is 13.6. The highest BCUT2D eigenvalue weighted by Crippen LogP contribution is 2.36. The Morgan fingerprint density at radius 2 is 1.50 bits per heavy atom. The number of primary amides is 2. The summed E-state index contributed by atoms with van der Waals surface area (Å²) >= 11 is 0. The van der Waals surface area contributed by atoms with E-state index in [1.54, 1.807) is 38.5 Å². The second kappa shape index (κ2) is 19.3. The van der Waals surface area contributed by atoms with Crippen molar-refractivity contribution in [3.05, 3.63) is 83.1 Å². The Morgan fingerprint density at radius 3 is 2.21 bits per heavy atom. The lowest BCUT2D eigenvalue weighted by atomic mass is 10.1. The van der Waals surface area contributed by atoms with Crippen molar-refractivity contribution in [2.75, 3.05) is 51.3 Å². The van der Waals surface area contributed by atoms with Crippen molar-refractivity contribution in [2.24, 2.45) is 17.4 Å². The third-order valence-corrected chi connectivity index (χ3v) is 11.5. The smallest absolute Gasteiger partial charge is 0.276 e. The molecular formula is C44H52N16O6. The first kappa shape index (κ1) is 45.0. The quantitative estimate of drug-likeness (QED) is 0.0548. The molecular weight excluding hydrogens is 849 g/mol. The molecule has 0 unspecified atom stereocenters. The second-order valence-corrected chi connectivity index (χ2v) is 15.9. The number of aromatic nitrogens is 10. The number of aryl methyl sites for hydroxylation is 4. The number of anilines is 1. The Hall–Kier alpha value is -7.56. The Labute approximate surface area is 378 Å². The first-order valence-corrected chi connectivity index (χ1v) is 21.7. The van der Waals surface area contributed by atoms with E-state index >= 15 is 0 Å². The van der Waals surface area contributed by atoms with Crippen LogP contribution in [0.2, 0.25) is 0 Å². The van der Waals surface area contributed by atoms with Crippen molar-refractivity contribution in [1.29, 1.82) is 0 Å². The minimum Gasteiger partial charge on any atom is -0.491 e. The monoisotopic (exact) mass is 900 g/mol. The molecule has 8 rings (SSSR count). The van der Waals surface area contributed by atoms with E-state index in [-0.39, 0.29) is 42.7 Å². The van der Waals surface area contributed by atoms with Crippen LogP contribution in [0.4, 0.5) is 5.95 Å². The molecule has 22 heteroatoms. The average Bonchev–Trinajstić information content (AvgIpc) is 4.07. The van der Waals surface area contributed by atoms with E-state index < -0.39 is 17.7 Å². The summed E-state index contributed by atoms with van der Waals surface area (Å²) in [5, 5.41) is 13.3. The fraction of sp³-hybridized carbons (Fsp3) is 0.364. The van der Waals surface area contributed by atoms with E-state index in [1.165, 1.54) is 12.3 Å². The molecule has 1 aromatic carbocycles. The van der Waals surface area contributed by atoms with E-state index in [1.807, 2.05) is 55.2 Å². The third kappa shape index (κ3) is 9.18. The zero-order valence-corrected chi connectivity index (χ0v) is 37.2. The van der Waals surface area contributed by atoms with Crippen LogP contribution in [0.25, 0.3) is 44.6 Å². The largest absolute Gasteiger partial charge is 0.491 e. The zero-order chi connectivity index (χ0) is 46.6. The van der Waals surface area contributed by atoms with Crippen molar-refractivity contribution in [2.45, 2.75) is 60.3 Å². The highest BCUT2D eigenvalue weighted by molar-refractivity contribution is 6.12. The fourth-order valence-electron chi connectivity index (χ4n) is 8.25. The lowest BCUT2D eigenvalue weighted by Gasteiger charge is -2.34. The number of hydrogen-bond donors (Lipinski definition) is 4. The van der Waals surface area contributed by atoms with Gasteiger partial charge >= 0.3 is 0 Å². The predicted octanol–water partition coefficient (Wildman–Crippen LogP) is 2.56. The fourth-order valence-corrected chi connectivity index (χ4v) is 8.25. The Balaban J connectivity index is 1.13. The molecule has 0 radical (unpaired) electrons. The molecule has 1 saturated heterocycles. The number of carbonyl (C=O) groups excluding carboxylic acids is 4. The maximum absolute atomic E-state index is 13.6. The summed E-state index contributed by atoms with van der Waals surface area (Å²) in [4.78, 5) is 78.3. The molecule has 0 bridgehead atoms. The van der Waals surface area contributed by atoms with E-state index in [2.05, 4.69) is 35.2 Å². The molecule has 66 heavy (non-hydrogen) atoms. The van der Waals surface area contributed by atoms with Crippen LogP contribution in [-0.2, 0) is 35.8 Å². The van der Waals surface area contributed by atoms with Gasteiger partial charge in [-0.1, -0.05) is 12.2 Å². The molecule has 6 aromatic heterocycles. The second-order valence-electron chi connectivity index (χ2n) is 15.9. The van der Waals surface area contributed by atoms with Gasteiger partial charge in [0.05, 0.1) is 29.1 Å². The van der Waals surface area contributed by atoms with Gasteiger partial charge in [0.1, 0.15) is 34.9 Å². The van der Waals surface area contributed by atoms with Crippen molar-refractivity contribution >= 4 is 62.7 Å². The Bertz CT molecular complexity index is 3010. The summed E-state index contributed by atoms with van der Waals surface area (Å²) in [6, 6.07) is 8.56. The average molecular weight is 901 g/mol. The molecule has 1 aliphatic rings. The standard InChI is InChI=1S/C44H52N16O6/c1-5-59-33(18-26(3)53-59)40-48-24-31-30-20-28(38(45)62)22-35(65-17-9-10-55-13-15-56(16-14-55)36(61)25-66-47)37(30)57(41(31)51-40)11-7-8-12-58-42-32(21-29(23-49-42)39(46)63)50-44(58)52-43(64)34-19-27(4)54-60(34)6-2/h7-8,18-24H,5-6,9-17,25,47H2,1-4H3,(H2,45,62)(H2,46,63)(H,50,52,64). The summed E-state index contributed by atoms with van der Waals surface area (Å²) in [6.07, 6.45) is 7.64. The molecule has 7 aromatic rings. The third-order valence-electron chi connectivity index (χ3n) is 11.5. The number of pyridine rings is 1. The van der Waals surface area contributed by atoms with Gasteiger partial charge in [-0.15, -0.1) is 0 Å². The number of benzene rings is 1. The van der Waals surface area contributed by atoms with Crippen molar-refractivity contribution < 1.29 is 28.8 Å². The minimum absolute atomic E-state index is 0.139. The summed E-state index contributed by atoms with van der Waals surface area (Å²) < 4.78 is 13.7. The van der Waals surface area contributed by atoms with Gasteiger partial charge in [0.15, 0.2) is 11.5 Å². The van der Waals surface area contributed by atoms with Gasteiger partial charge in [0, 0.05) is 87.6 Å². The molecule has 0 spiro atoms. The van der Waals surface area contributed by atoms with Gasteiger partial charge in [0.25, 0.3) is 11.8 Å². The molecule has 7 heterocycles. The van der Waals surface area contributed by atoms with Crippen molar-refractivity contribution in [3.8, 4) is 17.3 Å². The van der Waals surface area contributed by atoms with Crippen LogP contribution in [0.5, 0.6) is 5.75 Å². The number of allylic oxidation sites excluding steroid dienone is 2. The first-order valence-electron chi connectivity index (χ1n) is 21.7. The molecule has 0 saturated carbocycles. The van der Waals surface area contributed by atoms with Crippen LogP contribution in [0.15, 0.2) is 54.9 Å². The molecule has 7 N–H and O–H groups in total. The lowest BCUT2D eigenvalue weighted by Crippen LogP contribution is -2.50. The predicted molar refractivity (Wildman–Crippen MR) is 244 cm³/mol. The number of amides is 4. The number of nitrogens with one attached hydrogen (secondary N) is 1. The van der Waals surface area contributed by atoms with Crippen LogP contribution in [0.3, 0.4) is 0 Å². The van der Waals surface area contributed by atoms with Crippen LogP contribution >= 0.6 is 0 Å². The normalized spacial score (nSPS) is 13.4. The van der Waals surface area contributed by atoms with Crippen LogP contribution in [0.1, 0.15) is 62.9 Å². The molecule has 1 fully saturated rings. The molecule has 344 valence electrons. The topological polar surface area (TPSA) is 280 Å². The lowest BCUT2D eigenvalue weighted by molar-refractivity contribution is -0.138. The number of fused-ring (bicyclic) bond motifs is 4. The van der Waals surface area contributed by atoms with Crippen LogP contribution in [-0.4, -0.2) is 128 Å². The maximum Gasteiger partial charge on any atom is 0.276 e. The van der Waals surface area contributed by atoms with Gasteiger partial charge in [-0.2, -0.15) is 10.2 Å². The van der Waals surface area contributed by atoms with Gasteiger partial charge in [-0.25, -0.2) is 25.8 Å². The Kier molecular flexibility index (Phi) is 13.1. The minimum atomic E-state index is -0.659. The number of rotatable bonds is 18. The van der Waals surface area contributed by atoms with Crippen LogP contribution < -0.4 is 27.4 Å². The Morgan fingerprint density at radius 1 is 0.788 bits per heavy atom. The number of nitrogens with zero attached hydrogens (tertiary/aromatic N) is 12. The van der Waals surface area contributed by atoms with Crippen molar-refractivity contribution in [3.63, 3.8) is 0 Å². The number of carbonyl (C=O) groups is 4. The number of piperazine rings is 1. The summed E-state index contributed by atoms with van der Waals surface area (Å²) in [6.45, 7) is 12.7. The van der Waals surface area contributed by atoms with Gasteiger partial charge in [0.2, 0.25) is 17.8 Å². The molecule has 22 nitrogen and oxygen atoms in total. The highest BCUT2D eigenvalue weighted by atomic mass is 16.6. The number of imidazole rings is 1. The summed E-state index contributed by atoms with van der Waals surface area (Å²) in [7, 11) is 0. The van der Waals surface area contributed by atoms with Gasteiger partial charge < -0.3 is 25.7 Å². The van der Waals surface area contributed by atoms with Gasteiger partial charge in [-0.05, 0) is 64.4 Å². The summed E-state index contributed by atoms with van der Waals surface area (Å²) in [5.41, 5.74) is 16.6.